The molecule has 0 spiro atoms. The minimum atomic E-state index is -0.617. The molecule has 0 unspecified atom stereocenters. The van der Waals surface area contributed by atoms with Crippen molar-refractivity contribution >= 4 is 29.1 Å². The van der Waals surface area contributed by atoms with Crippen LogP contribution in [0.5, 0.6) is 0 Å². The average Bonchev–Trinajstić information content (AvgIpc) is 2.74. The maximum absolute atomic E-state index is 12.8. The Bertz CT molecular complexity index is 912. The fourth-order valence-electron chi connectivity index (χ4n) is 2.82. The largest absolute Gasteiger partial charge is 0.347 e. The van der Waals surface area contributed by atoms with Gasteiger partial charge in [0.15, 0.2) is 0 Å². The number of hydrogen-bond donors (Lipinski definition) is 1. The molecule has 0 aliphatic carbocycles. The molecule has 0 aliphatic rings. The second kappa shape index (κ2) is 9.72. The van der Waals surface area contributed by atoms with Gasteiger partial charge in [-0.05, 0) is 41.8 Å². The molecule has 3 aromatic rings. The number of halogens is 1. The van der Waals surface area contributed by atoms with Gasteiger partial charge in [0.25, 0.3) is 0 Å². The molecule has 0 heterocycles. The Balaban J connectivity index is 1.66. The summed E-state index contributed by atoms with van der Waals surface area (Å²) in [5.41, 5.74) is 2.68. The number of para-hydroxylation sites is 1. The van der Waals surface area contributed by atoms with Crippen molar-refractivity contribution in [1.29, 1.82) is 0 Å². The van der Waals surface area contributed by atoms with Crippen LogP contribution in [-0.2, 0) is 22.6 Å². The number of carbonyl (C=O) groups excluding carboxylic acids is 2. The van der Waals surface area contributed by atoms with E-state index in [0.29, 0.717) is 30.2 Å². The first-order chi connectivity index (χ1) is 13.6. The van der Waals surface area contributed by atoms with E-state index >= 15 is 0 Å². The molecule has 2 amide bonds. The lowest BCUT2D eigenvalue weighted by molar-refractivity contribution is -0.137. The summed E-state index contributed by atoms with van der Waals surface area (Å²) in [6.45, 7) is 0.703. The van der Waals surface area contributed by atoms with Crippen LogP contribution in [0.2, 0.25) is 5.02 Å². The van der Waals surface area contributed by atoms with Gasteiger partial charge in [0, 0.05) is 17.3 Å². The van der Waals surface area contributed by atoms with Gasteiger partial charge in [0.2, 0.25) is 0 Å². The minimum Gasteiger partial charge on any atom is -0.347 e. The van der Waals surface area contributed by atoms with Crippen LogP contribution in [0.3, 0.4) is 0 Å². The van der Waals surface area contributed by atoms with E-state index in [9.17, 15) is 9.59 Å². The van der Waals surface area contributed by atoms with Gasteiger partial charge >= 0.3 is 11.8 Å². The Morgan fingerprint density at radius 3 is 2.04 bits per heavy atom. The number of amides is 2. The van der Waals surface area contributed by atoms with Gasteiger partial charge in [0.05, 0.1) is 6.54 Å². The fraction of sp³-hybridized carbons (Fsp3) is 0.130. The first-order valence-corrected chi connectivity index (χ1v) is 9.44. The third-order valence-corrected chi connectivity index (χ3v) is 4.56. The van der Waals surface area contributed by atoms with Crippen LogP contribution < -0.4 is 10.2 Å². The molecule has 142 valence electrons. The van der Waals surface area contributed by atoms with Gasteiger partial charge in [-0.15, -0.1) is 0 Å². The zero-order valence-electron chi connectivity index (χ0n) is 15.3. The van der Waals surface area contributed by atoms with Crippen molar-refractivity contribution in [2.75, 3.05) is 11.4 Å². The first-order valence-electron chi connectivity index (χ1n) is 9.06. The van der Waals surface area contributed by atoms with E-state index in [1.54, 1.807) is 12.1 Å². The molecule has 0 radical (unpaired) electrons. The van der Waals surface area contributed by atoms with Gasteiger partial charge < -0.3 is 5.32 Å². The van der Waals surface area contributed by atoms with Gasteiger partial charge in [-0.25, -0.2) is 0 Å². The predicted molar refractivity (Wildman–Crippen MR) is 112 cm³/mol. The van der Waals surface area contributed by atoms with Crippen molar-refractivity contribution in [3.8, 4) is 0 Å². The predicted octanol–water partition coefficient (Wildman–Crippen LogP) is 4.23. The molecule has 0 fully saturated rings. The van der Waals surface area contributed by atoms with Crippen molar-refractivity contribution in [2.24, 2.45) is 0 Å². The van der Waals surface area contributed by atoms with Crippen molar-refractivity contribution in [3.63, 3.8) is 0 Å². The summed E-state index contributed by atoms with van der Waals surface area (Å²) in [5.74, 6) is -1.19. The highest BCUT2D eigenvalue weighted by Gasteiger charge is 2.23. The van der Waals surface area contributed by atoms with Gasteiger partial charge in [-0.3, -0.25) is 14.5 Å². The molecule has 0 aromatic heterocycles. The maximum atomic E-state index is 12.8. The molecular weight excluding hydrogens is 372 g/mol. The van der Waals surface area contributed by atoms with Crippen molar-refractivity contribution in [3.05, 3.63) is 101 Å². The molecule has 0 saturated carbocycles. The molecule has 0 saturated heterocycles. The average molecular weight is 393 g/mol. The Kier molecular flexibility index (Phi) is 6.82. The standard InChI is InChI=1S/C23H21ClN2O2/c24-20-13-11-18(12-14-20)15-16-25-22(27)23(28)26(21-9-5-2-6-10-21)17-19-7-3-1-4-8-19/h1-14H,15-17H2,(H,25,27). The fourth-order valence-corrected chi connectivity index (χ4v) is 2.95. The summed E-state index contributed by atoms with van der Waals surface area (Å²) in [7, 11) is 0. The highest BCUT2D eigenvalue weighted by Crippen LogP contribution is 2.17. The normalized spacial score (nSPS) is 10.3. The molecule has 3 rings (SSSR count). The molecule has 28 heavy (non-hydrogen) atoms. The zero-order chi connectivity index (χ0) is 19.8. The molecule has 1 N–H and O–H groups in total. The van der Waals surface area contributed by atoms with Crippen LogP contribution in [0.1, 0.15) is 11.1 Å². The van der Waals surface area contributed by atoms with Crippen molar-refractivity contribution in [2.45, 2.75) is 13.0 Å². The maximum Gasteiger partial charge on any atom is 0.316 e. The van der Waals surface area contributed by atoms with Gasteiger partial charge in [-0.2, -0.15) is 0 Å². The lowest BCUT2D eigenvalue weighted by Gasteiger charge is -2.22. The Labute approximate surface area is 169 Å². The number of benzene rings is 3. The summed E-state index contributed by atoms with van der Waals surface area (Å²) in [6.07, 6.45) is 0.625. The van der Waals surface area contributed by atoms with E-state index in [-0.39, 0.29) is 0 Å². The zero-order valence-corrected chi connectivity index (χ0v) is 16.1. The van der Waals surface area contributed by atoms with Gasteiger partial charge in [0.1, 0.15) is 0 Å². The van der Waals surface area contributed by atoms with Gasteiger partial charge in [-0.1, -0.05) is 72.3 Å². The molecule has 3 aromatic carbocycles. The molecular formula is C23H21ClN2O2. The summed E-state index contributed by atoms with van der Waals surface area (Å²) >= 11 is 5.88. The van der Waals surface area contributed by atoms with Crippen molar-refractivity contribution in [1.82, 2.24) is 5.32 Å². The lowest BCUT2D eigenvalue weighted by atomic mass is 10.1. The second-order valence-electron chi connectivity index (χ2n) is 6.34. The highest BCUT2D eigenvalue weighted by molar-refractivity contribution is 6.40. The Morgan fingerprint density at radius 1 is 0.786 bits per heavy atom. The number of rotatable bonds is 6. The Hall–Kier alpha value is -3.11. The highest BCUT2D eigenvalue weighted by atomic mass is 35.5. The lowest BCUT2D eigenvalue weighted by Crippen LogP contribution is -2.43. The van der Waals surface area contributed by atoms with E-state index in [1.165, 1.54) is 4.90 Å². The van der Waals surface area contributed by atoms with E-state index in [0.717, 1.165) is 11.1 Å². The molecule has 0 bridgehead atoms. The number of anilines is 1. The number of nitrogens with one attached hydrogen (secondary N) is 1. The number of hydrogen-bond acceptors (Lipinski definition) is 2. The van der Waals surface area contributed by atoms with E-state index in [1.807, 2.05) is 72.8 Å². The first kappa shape index (κ1) is 19.6. The summed E-state index contributed by atoms with van der Waals surface area (Å²) in [4.78, 5) is 26.8. The van der Waals surface area contributed by atoms with Crippen molar-refractivity contribution < 1.29 is 9.59 Å². The summed E-state index contributed by atoms with van der Waals surface area (Å²) in [6, 6.07) is 26.2. The molecule has 0 atom stereocenters. The van der Waals surface area contributed by atoms with E-state index < -0.39 is 11.8 Å². The van der Waals surface area contributed by atoms with Crippen LogP contribution in [0, 0.1) is 0 Å². The second-order valence-corrected chi connectivity index (χ2v) is 6.78. The van der Waals surface area contributed by atoms with E-state index in [4.69, 9.17) is 11.6 Å². The summed E-state index contributed by atoms with van der Waals surface area (Å²) in [5, 5.41) is 3.39. The van der Waals surface area contributed by atoms with Crippen LogP contribution in [0.25, 0.3) is 0 Å². The number of nitrogens with zero attached hydrogens (tertiary/aromatic N) is 1. The Morgan fingerprint density at radius 2 is 1.39 bits per heavy atom. The van der Waals surface area contributed by atoms with Crippen LogP contribution >= 0.6 is 11.6 Å². The molecule has 0 aliphatic heterocycles. The van der Waals surface area contributed by atoms with Crippen LogP contribution in [0.15, 0.2) is 84.9 Å². The quantitative estimate of drug-likeness (QED) is 0.638. The van der Waals surface area contributed by atoms with E-state index in [2.05, 4.69) is 5.32 Å². The topological polar surface area (TPSA) is 49.4 Å². The molecule has 5 heteroatoms. The minimum absolute atomic E-state index is 0.328. The molecule has 4 nitrogen and oxygen atoms in total. The van der Waals surface area contributed by atoms with Crippen LogP contribution in [-0.4, -0.2) is 18.4 Å². The smallest absolute Gasteiger partial charge is 0.316 e. The third kappa shape index (κ3) is 5.44. The monoisotopic (exact) mass is 392 g/mol. The third-order valence-electron chi connectivity index (χ3n) is 4.30. The number of carbonyl (C=O) groups is 2. The SMILES string of the molecule is O=C(NCCc1ccc(Cl)cc1)C(=O)N(Cc1ccccc1)c1ccccc1. The summed E-state index contributed by atoms with van der Waals surface area (Å²) < 4.78 is 0. The van der Waals surface area contributed by atoms with Crippen LogP contribution in [0.4, 0.5) is 5.69 Å².